The summed E-state index contributed by atoms with van der Waals surface area (Å²) >= 11 is 0.989. The Hall–Kier alpha value is -3.78. The average molecular weight is 1150 g/mol. The van der Waals surface area contributed by atoms with Crippen molar-refractivity contribution in [2.75, 3.05) is 37.8 Å². The molecule has 25 nitrogen and oxygen atoms in total. The summed E-state index contributed by atoms with van der Waals surface area (Å²) in [5.74, 6) is -1.25. The number of ether oxygens (including phenoxy) is 1. The molecular formula is C47H76N7O18P3S. The number of rotatable bonds is 38. The number of amides is 2. The van der Waals surface area contributed by atoms with Crippen LogP contribution in [0.15, 0.2) is 73.4 Å². The maximum Gasteiger partial charge on any atom is 0.481 e. The molecule has 1 aliphatic heterocycles. The van der Waals surface area contributed by atoms with Gasteiger partial charge in [0.25, 0.3) is 0 Å². The lowest BCUT2D eigenvalue weighted by Crippen LogP contribution is -2.46. The van der Waals surface area contributed by atoms with Crippen molar-refractivity contribution in [3.8, 4) is 0 Å². The number of carbonyl (C=O) groups is 3. The van der Waals surface area contributed by atoms with Crippen LogP contribution in [0.4, 0.5) is 5.82 Å². The molecule has 3 heterocycles. The summed E-state index contributed by atoms with van der Waals surface area (Å²) in [5.41, 5.74) is 4.25. The first-order valence-corrected chi connectivity index (χ1v) is 30.4. The molecule has 1 fully saturated rings. The van der Waals surface area contributed by atoms with E-state index in [1.807, 2.05) is 0 Å². The number of fused-ring (bicyclic) bond motifs is 1. The highest BCUT2D eigenvalue weighted by molar-refractivity contribution is 8.13. The Labute approximate surface area is 447 Å². The number of anilines is 1. The number of nitrogen functional groups attached to an aromatic ring is 1. The van der Waals surface area contributed by atoms with Crippen LogP contribution in [-0.4, -0.2) is 134 Å². The first kappa shape index (κ1) is 66.5. The molecule has 76 heavy (non-hydrogen) atoms. The number of unbranched alkanes of at least 4 members (excludes halogenated alkanes) is 5. The first-order valence-electron chi connectivity index (χ1n) is 24.9. The van der Waals surface area contributed by atoms with E-state index in [4.69, 9.17) is 19.5 Å². The van der Waals surface area contributed by atoms with E-state index >= 15 is 0 Å². The van der Waals surface area contributed by atoms with Gasteiger partial charge in [-0.15, -0.1) is 0 Å². The number of imidazole rings is 1. The number of carbonyl (C=O) groups excluding carboxylic acids is 3. The van der Waals surface area contributed by atoms with Gasteiger partial charge in [-0.05, 0) is 51.4 Å². The first-order chi connectivity index (χ1) is 35.9. The number of aliphatic hydroxyl groups is 3. The summed E-state index contributed by atoms with van der Waals surface area (Å²) in [6.07, 6.45) is 25.6. The number of aromatic nitrogens is 4. The third-order valence-corrected chi connectivity index (χ3v) is 15.2. The number of nitrogens with one attached hydrogen (secondary N) is 2. The molecule has 2 aromatic rings. The molecule has 11 N–H and O–H groups in total. The SMILES string of the molecule is CC/C=C\C/C=C\C/C=C\C/C=C\C/C=C\CCCCCCC[C@@H](O)CC(=O)SCCNC(=O)CCNC(=O)[C@H](O)C(C)(C)COP(=O)(O)OP(=O)(O)OC[C@H]1O[C@@H](n2cnc3c(N)ncnc32)[C@H](O)[C@@H]1OP(=O)(O)O. The van der Waals surface area contributed by atoms with Crippen molar-refractivity contribution in [2.45, 2.75) is 147 Å². The van der Waals surface area contributed by atoms with Crippen LogP contribution in [0.3, 0.4) is 0 Å². The number of hydrogen-bond donors (Lipinski definition) is 10. The lowest BCUT2D eigenvalue weighted by molar-refractivity contribution is -0.137. The third-order valence-electron chi connectivity index (χ3n) is 11.2. The zero-order valence-corrected chi connectivity index (χ0v) is 46.6. The Kier molecular flexibility index (Phi) is 30.0. The van der Waals surface area contributed by atoms with E-state index in [2.05, 4.69) is 102 Å². The quantitative estimate of drug-likeness (QED) is 0.0212. The Bertz CT molecular complexity index is 2420. The van der Waals surface area contributed by atoms with Crippen molar-refractivity contribution in [3.05, 3.63) is 73.4 Å². The monoisotopic (exact) mass is 1150 g/mol. The summed E-state index contributed by atoms with van der Waals surface area (Å²) in [4.78, 5) is 88.7. The lowest BCUT2D eigenvalue weighted by atomic mass is 9.87. The van der Waals surface area contributed by atoms with Crippen molar-refractivity contribution in [3.63, 3.8) is 0 Å². The van der Waals surface area contributed by atoms with Crippen LogP contribution < -0.4 is 16.4 Å². The van der Waals surface area contributed by atoms with E-state index in [9.17, 15) is 63.0 Å². The Balaban J connectivity index is 1.25. The largest absolute Gasteiger partial charge is 0.481 e. The zero-order chi connectivity index (χ0) is 56.2. The van der Waals surface area contributed by atoms with Gasteiger partial charge in [0.15, 0.2) is 22.8 Å². The lowest BCUT2D eigenvalue weighted by Gasteiger charge is -2.30. The summed E-state index contributed by atoms with van der Waals surface area (Å²) in [7, 11) is -16.5. The highest BCUT2D eigenvalue weighted by Gasteiger charge is 2.50. The number of nitrogens with zero attached hydrogens (tertiary/aromatic N) is 4. The van der Waals surface area contributed by atoms with Gasteiger partial charge >= 0.3 is 23.5 Å². The van der Waals surface area contributed by atoms with Crippen LogP contribution in [0.1, 0.15) is 117 Å². The van der Waals surface area contributed by atoms with Crippen LogP contribution in [0, 0.1) is 5.41 Å². The van der Waals surface area contributed by atoms with E-state index in [0.717, 1.165) is 99.6 Å². The van der Waals surface area contributed by atoms with Crippen LogP contribution >= 0.6 is 35.2 Å². The van der Waals surface area contributed by atoms with Crippen molar-refractivity contribution in [1.29, 1.82) is 0 Å². The molecule has 0 saturated carbocycles. The number of phosphoric acid groups is 3. The molecule has 0 aliphatic carbocycles. The maximum atomic E-state index is 12.8. The average Bonchev–Trinajstić information content (AvgIpc) is 3.91. The van der Waals surface area contributed by atoms with Gasteiger partial charge in [-0.1, -0.05) is 119 Å². The highest BCUT2D eigenvalue weighted by atomic mass is 32.2. The number of thioether (sulfide) groups is 1. The van der Waals surface area contributed by atoms with E-state index in [1.54, 1.807) is 0 Å². The fourth-order valence-corrected chi connectivity index (χ4v) is 10.8. The van der Waals surface area contributed by atoms with Gasteiger partial charge in [-0.2, -0.15) is 4.31 Å². The van der Waals surface area contributed by atoms with Gasteiger partial charge in [0.2, 0.25) is 11.8 Å². The summed E-state index contributed by atoms with van der Waals surface area (Å²) in [6.45, 7) is 2.50. The third kappa shape index (κ3) is 26.2. The standard InChI is InChI=1S/C47H76N7O18P3S/c1-4-5-6-7-8-9-10-11-12-13-14-15-16-17-18-19-20-21-22-23-24-25-35(55)30-38(57)76-29-28-49-37(56)26-27-50-45(60)42(59)47(2,3)32-69-75(66,67)72-74(64,65)68-31-36-41(71-73(61,62)63)40(58)46(70-36)54-34-53-39-43(48)51-33-52-44(39)54/h5-6,8-9,11-12,14-15,17-18,33-36,40-42,46,55,58-59H,4,7,10,13,16,19-32H2,1-3H3,(H,49,56)(H,50,60)(H,64,65)(H,66,67)(H2,48,51,52)(H2,61,62,63)/b6-5-,9-8-,12-11-,15-14-,18-17-/t35-,36-,40-,41-,42+,46-/m1/s1. The van der Waals surface area contributed by atoms with E-state index < -0.39 is 90.7 Å². The Morgan fingerprint density at radius 2 is 1.45 bits per heavy atom. The van der Waals surface area contributed by atoms with Gasteiger partial charge in [-0.3, -0.25) is 32.5 Å². The van der Waals surface area contributed by atoms with Crippen LogP contribution in [-0.2, 0) is 50.7 Å². The number of nitrogens with two attached hydrogens (primary N) is 1. The highest BCUT2D eigenvalue weighted by Crippen LogP contribution is 2.61. The van der Waals surface area contributed by atoms with Crippen molar-refractivity contribution >= 4 is 69.1 Å². The van der Waals surface area contributed by atoms with Crippen molar-refractivity contribution in [1.82, 2.24) is 30.2 Å². The smallest absolute Gasteiger partial charge is 0.393 e. The summed E-state index contributed by atoms with van der Waals surface area (Å²) < 4.78 is 62.5. The molecule has 0 bridgehead atoms. The predicted molar refractivity (Wildman–Crippen MR) is 284 cm³/mol. The second-order valence-corrected chi connectivity index (χ2v) is 23.6. The normalized spacial score (nSPS) is 20.1. The molecule has 2 unspecified atom stereocenters. The van der Waals surface area contributed by atoms with Crippen molar-refractivity contribution in [2.24, 2.45) is 5.41 Å². The fourth-order valence-electron chi connectivity index (χ4n) is 7.19. The zero-order valence-electron chi connectivity index (χ0n) is 43.1. The van der Waals surface area contributed by atoms with Crippen molar-refractivity contribution < 1.29 is 85.6 Å². The topological polar surface area (TPSA) is 384 Å². The molecular weight excluding hydrogens is 1080 g/mol. The maximum absolute atomic E-state index is 12.8. The van der Waals surface area contributed by atoms with Crippen LogP contribution in [0.25, 0.3) is 11.2 Å². The van der Waals surface area contributed by atoms with Gasteiger partial charge in [0.1, 0.15) is 36.3 Å². The minimum atomic E-state index is -5.59. The molecule has 0 aromatic carbocycles. The second kappa shape index (κ2) is 34.3. The van der Waals surface area contributed by atoms with Gasteiger partial charge in [0, 0.05) is 37.1 Å². The summed E-state index contributed by atoms with van der Waals surface area (Å²) in [6, 6.07) is 0. The van der Waals surface area contributed by atoms with Gasteiger partial charge in [-0.25, -0.2) is 28.6 Å². The minimum absolute atomic E-state index is 0.00453. The molecule has 29 heteroatoms. The minimum Gasteiger partial charge on any atom is -0.393 e. The van der Waals surface area contributed by atoms with E-state index in [-0.39, 0.29) is 53.8 Å². The number of phosphoric ester groups is 3. The fraction of sp³-hybridized carbons (Fsp3) is 0.617. The molecule has 0 spiro atoms. The second-order valence-electron chi connectivity index (χ2n) is 18.2. The molecule has 8 atom stereocenters. The van der Waals surface area contributed by atoms with Crippen LogP contribution in [0.2, 0.25) is 0 Å². The molecule has 2 aromatic heterocycles. The number of aliphatic hydroxyl groups excluding tert-OH is 3. The van der Waals surface area contributed by atoms with E-state index in [1.165, 1.54) is 13.8 Å². The van der Waals surface area contributed by atoms with Crippen LogP contribution in [0.5, 0.6) is 0 Å². The van der Waals surface area contributed by atoms with Gasteiger partial charge in [0.05, 0.1) is 25.6 Å². The molecule has 1 aliphatic rings. The number of hydrogen-bond acceptors (Lipinski definition) is 19. The van der Waals surface area contributed by atoms with Gasteiger partial charge < -0.3 is 56.0 Å². The molecule has 2 amide bonds. The summed E-state index contributed by atoms with van der Waals surface area (Å²) in [5, 5.41) is 36.7. The van der Waals surface area contributed by atoms with E-state index in [0.29, 0.717) is 6.42 Å². The number of allylic oxidation sites excluding steroid dienone is 10. The predicted octanol–water partition coefficient (Wildman–Crippen LogP) is 5.90. The Morgan fingerprint density at radius 3 is 2.09 bits per heavy atom. The molecule has 1 saturated heterocycles. The molecule has 428 valence electrons. The molecule has 3 rings (SSSR count). The molecule has 0 radical (unpaired) electrons. The Morgan fingerprint density at radius 1 is 0.842 bits per heavy atom.